The van der Waals surface area contributed by atoms with Gasteiger partial charge in [-0.15, -0.1) is 4.36 Å². The zero-order valence-corrected chi connectivity index (χ0v) is 17.8. The van der Waals surface area contributed by atoms with Gasteiger partial charge < -0.3 is 5.32 Å². The number of rotatable bonds is 4. The van der Waals surface area contributed by atoms with Gasteiger partial charge in [-0.25, -0.2) is 14.1 Å². The lowest BCUT2D eigenvalue weighted by Crippen LogP contribution is -2.20. The smallest absolute Gasteiger partial charge is 0.305 e. The zero-order valence-electron chi connectivity index (χ0n) is 17.0. The number of amides is 2. The predicted molar refractivity (Wildman–Crippen MR) is 110 cm³/mol. The van der Waals surface area contributed by atoms with Crippen LogP contribution in [0.3, 0.4) is 0 Å². The summed E-state index contributed by atoms with van der Waals surface area (Å²) < 4.78 is 18.2. The number of hydrogen-bond donors (Lipinski definition) is 2. The number of urea groups is 1. The lowest BCUT2D eigenvalue weighted by atomic mass is 9.99. The van der Waals surface area contributed by atoms with Crippen LogP contribution in [0.15, 0.2) is 21.7 Å². The van der Waals surface area contributed by atoms with Crippen LogP contribution in [0, 0.1) is 6.92 Å². The van der Waals surface area contributed by atoms with Gasteiger partial charge in [-0.05, 0) is 63.1 Å². The molecule has 2 aromatic rings. The van der Waals surface area contributed by atoms with E-state index in [9.17, 15) is 9.00 Å². The lowest BCUT2D eigenvalue weighted by molar-refractivity contribution is 0.260. The number of carbonyl (C=O) groups excluding carboxylic acids is 1. The van der Waals surface area contributed by atoms with Gasteiger partial charge in [0.15, 0.2) is 14.9 Å². The van der Waals surface area contributed by atoms with E-state index in [1.807, 2.05) is 20.8 Å². The van der Waals surface area contributed by atoms with Gasteiger partial charge in [-0.2, -0.15) is 5.10 Å². The third kappa shape index (κ3) is 3.95. The van der Waals surface area contributed by atoms with Crippen LogP contribution in [0.5, 0.6) is 0 Å². The summed E-state index contributed by atoms with van der Waals surface area (Å²) in [6, 6.07) is 0.893. The van der Waals surface area contributed by atoms with Crippen molar-refractivity contribution in [2.45, 2.75) is 70.9 Å². The van der Waals surface area contributed by atoms with Crippen LogP contribution >= 0.6 is 0 Å². The Bertz CT molecular complexity index is 1030. The maximum atomic E-state index is 12.8. The molecule has 152 valence electrons. The standard InChI is InChI=1S/C19H28N6O2S/c1-11(2)17-13(5)18(14-7-6-8-15(14)21-17)22-19(26)24-28(20,27)16-9-10-25(23-16)12(3)4/h9-12H,6-8H2,1-5H3,(H3,20,21,22,24,26,27)/t28-/m0/s1. The molecule has 1 aliphatic carbocycles. The van der Waals surface area contributed by atoms with Crippen molar-refractivity contribution in [1.29, 1.82) is 0 Å². The molecule has 0 unspecified atom stereocenters. The molecule has 0 spiro atoms. The van der Waals surface area contributed by atoms with Crippen LogP contribution in [0.4, 0.5) is 10.5 Å². The number of fused-ring (bicyclic) bond motifs is 1. The number of hydrogen-bond acceptors (Lipinski definition) is 4. The van der Waals surface area contributed by atoms with Crippen molar-refractivity contribution in [3.8, 4) is 0 Å². The minimum absolute atomic E-state index is 0.0919. The molecule has 0 aliphatic heterocycles. The summed E-state index contributed by atoms with van der Waals surface area (Å²) in [6.07, 6.45) is 4.43. The van der Waals surface area contributed by atoms with Gasteiger partial charge in [-0.1, -0.05) is 13.8 Å². The zero-order chi connectivity index (χ0) is 20.6. The molecule has 9 heteroatoms. The summed E-state index contributed by atoms with van der Waals surface area (Å²) in [5.74, 6) is 0.234. The van der Waals surface area contributed by atoms with Gasteiger partial charge in [-0.3, -0.25) is 9.67 Å². The highest BCUT2D eigenvalue weighted by molar-refractivity contribution is 7.91. The van der Waals surface area contributed by atoms with Crippen molar-refractivity contribution in [2.75, 3.05) is 5.32 Å². The van der Waals surface area contributed by atoms with E-state index >= 15 is 0 Å². The van der Waals surface area contributed by atoms with Crippen molar-refractivity contribution in [3.63, 3.8) is 0 Å². The Morgan fingerprint density at radius 3 is 2.64 bits per heavy atom. The van der Waals surface area contributed by atoms with Gasteiger partial charge in [0, 0.05) is 23.6 Å². The molecule has 3 N–H and O–H groups in total. The Kier molecular flexibility index (Phi) is 5.58. The number of nitrogens with zero attached hydrogens (tertiary/aromatic N) is 4. The number of pyridine rings is 1. The molecule has 8 nitrogen and oxygen atoms in total. The monoisotopic (exact) mass is 404 g/mol. The Morgan fingerprint density at radius 2 is 2.04 bits per heavy atom. The number of anilines is 1. The van der Waals surface area contributed by atoms with E-state index in [0.717, 1.165) is 47.5 Å². The summed E-state index contributed by atoms with van der Waals surface area (Å²) in [5.41, 5.74) is 4.67. The van der Waals surface area contributed by atoms with Crippen LogP contribution in [0.2, 0.25) is 0 Å². The number of carbonyl (C=O) groups is 1. The minimum Gasteiger partial charge on any atom is -0.305 e. The first kappa shape index (κ1) is 20.5. The summed E-state index contributed by atoms with van der Waals surface area (Å²) in [4.78, 5) is 17.4. The van der Waals surface area contributed by atoms with Crippen LogP contribution in [0.25, 0.3) is 0 Å². The fourth-order valence-electron chi connectivity index (χ4n) is 3.50. The van der Waals surface area contributed by atoms with Crippen LogP contribution in [-0.4, -0.2) is 25.0 Å². The first-order chi connectivity index (χ1) is 13.1. The normalized spacial score (nSPS) is 15.6. The minimum atomic E-state index is -3.43. The van der Waals surface area contributed by atoms with Gasteiger partial charge in [0.1, 0.15) is 0 Å². The van der Waals surface area contributed by atoms with Crippen molar-refractivity contribution < 1.29 is 9.00 Å². The third-order valence-corrected chi connectivity index (χ3v) is 6.17. The summed E-state index contributed by atoms with van der Waals surface area (Å²) in [7, 11) is -3.43. The molecule has 1 atom stereocenters. The largest absolute Gasteiger partial charge is 0.354 e. The van der Waals surface area contributed by atoms with E-state index in [1.54, 1.807) is 10.9 Å². The number of nitrogens with two attached hydrogens (primary N) is 1. The Balaban J connectivity index is 1.95. The highest BCUT2D eigenvalue weighted by Gasteiger charge is 2.24. The summed E-state index contributed by atoms with van der Waals surface area (Å²) >= 11 is 0. The van der Waals surface area contributed by atoms with E-state index in [4.69, 9.17) is 10.1 Å². The number of aryl methyl sites for hydroxylation is 1. The third-order valence-electron chi connectivity index (χ3n) is 4.92. The second-order valence-corrected chi connectivity index (χ2v) is 9.49. The quantitative estimate of drug-likeness (QED) is 0.808. The van der Waals surface area contributed by atoms with E-state index in [2.05, 4.69) is 28.6 Å². The first-order valence-corrected chi connectivity index (χ1v) is 11.1. The Labute approximate surface area is 166 Å². The molecule has 2 heterocycles. The van der Waals surface area contributed by atoms with Crippen molar-refractivity contribution in [1.82, 2.24) is 14.8 Å². The van der Waals surface area contributed by atoms with Gasteiger partial charge in [0.05, 0.1) is 5.69 Å². The maximum Gasteiger partial charge on any atom is 0.354 e. The van der Waals surface area contributed by atoms with Gasteiger partial charge >= 0.3 is 6.03 Å². The highest BCUT2D eigenvalue weighted by atomic mass is 32.2. The lowest BCUT2D eigenvalue weighted by Gasteiger charge is -2.17. The van der Waals surface area contributed by atoms with E-state index in [-0.39, 0.29) is 17.0 Å². The van der Waals surface area contributed by atoms with E-state index in [0.29, 0.717) is 0 Å². The fraction of sp³-hybridized carbons (Fsp3) is 0.526. The molecule has 2 aromatic heterocycles. The molecular weight excluding hydrogens is 376 g/mol. The van der Waals surface area contributed by atoms with Crippen molar-refractivity contribution in [2.24, 2.45) is 9.50 Å². The van der Waals surface area contributed by atoms with Crippen molar-refractivity contribution in [3.05, 3.63) is 34.8 Å². The van der Waals surface area contributed by atoms with Crippen LogP contribution in [-0.2, 0) is 22.8 Å². The highest BCUT2D eigenvalue weighted by Crippen LogP contribution is 2.34. The van der Waals surface area contributed by atoms with Crippen LogP contribution in [0.1, 0.15) is 68.6 Å². The van der Waals surface area contributed by atoms with Crippen LogP contribution < -0.4 is 10.5 Å². The molecule has 3 rings (SSSR count). The van der Waals surface area contributed by atoms with Crippen molar-refractivity contribution >= 4 is 21.6 Å². The average Bonchev–Trinajstić information content (AvgIpc) is 3.25. The second-order valence-electron chi connectivity index (χ2n) is 7.75. The van der Waals surface area contributed by atoms with Gasteiger partial charge in [0.2, 0.25) is 0 Å². The molecular formula is C19H28N6O2S. The molecule has 0 saturated carbocycles. The predicted octanol–water partition coefficient (Wildman–Crippen LogP) is 3.71. The molecule has 0 fully saturated rings. The first-order valence-electron chi connectivity index (χ1n) is 9.53. The Morgan fingerprint density at radius 1 is 1.32 bits per heavy atom. The number of nitrogens with one attached hydrogen (secondary N) is 1. The molecule has 2 amide bonds. The molecule has 0 radical (unpaired) electrons. The molecule has 1 aliphatic rings. The van der Waals surface area contributed by atoms with E-state index < -0.39 is 15.9 Å². The average molecular weight is 405 g/mol. The second kappa shape index (κ2) is 7.63. The SMILES string of the molecule is Cc1c(C(C)C)nc2c(c1NC(=O)N=[S@](N)(=O)c1ccn(C(C)C)n1)CCC2. The summed E-state index contributed by atoms with van der Waals surface area (Å²) in [6.45, 7) is 9.98. The van der Waals surface area contributed by atoms with E-state index in [1.165, 1.54) is 6.07 Å². The maximum absolute atomic E-state index is 12.8. The molecule has 28 heavy (non-hydrogen) atoms. The number of aromatic nitrogens is 3. The van der Waals surface area contributed by atoms with Gasteiger partial charge in [0.25, 0.3) is 0 Å². The Hall–Kier alpha value is -2.26. The topological polar surface area (TPSA) is 115 Å². The fourth-order valence-corrected chi connectivity index (χ4v) is 4.35. The molecule has 0 aromatic carbocycles. The summed E-state index contributed by atoms with van der Waals surface area (Å²) in [5, 5.41) is 12.9. The molecule has 0 saturated heterocycles. The molecule has 0 bridgehead atoms.